The lowest BCUT2D eigenvalue weighted by Crippen LogP contribution is -2.61. The van der Waals surface area contributed by atoms with E-state index in [9.17, 15) is 9.59 Å². The maximum absolute atomic E-state index is 12.9. The predicted octanol–water partition coefficient (Wildman–Crippen LogP) is 2.23. The number of nitrogens with zero attached hydrogens (tertiary/aromatic N) is 1. The lowest BCUT2D eigenvalue weighted by atomic mass is 9.72. The van der Waals surface area contributed by atoms with Gasteiger partial charge < -0.3 is 23.7 Å². The van der Waals surface area contributed by atoms with Crippen LogP contribution < -0.4 is 9.47 Å². The van der Waals surface area contributed by atoms with E-state index < -0.39 is 28.7 Å². The highest BCUT2D eigenvalue weighted by Gasteiger charge is 2.93. The summed E-state index contributed by atoms with van der Waals surface area (Å²) >= 11 is 0. The monoisotopic (exact) mass is 451 g/mol. The molecule has 4 heterocycles. The van der Waals surface area contributed by atoms with Crippen LogP contribution in [0.25, 0.3) is 0 Å². The maximum Gasteiger partial charge on any atom is 0.354 e. The number of ether oxygens (including phenoxy) is 5. The topological polar surface area (TPSA) is 86.8 Å². The first-order valence-corrected chi connectivity index (χ1v) is 11.1. The van der Waals surface area contributed by atoms with Crippen molar-refractivity contribution in [3.63, 3.8) is 0 Å². The quantitative estimate of drug-likeness (QED) is 0.389. The lowest BCUT2D eigenvalue weighted by molar-refractivity contribution is -0.179. The van der Waals surface area contributed by atoms with Gasteiger partial charge in [0.2, 0.25) is 6.79 Å². The number of likely N-dealkylation sites (tertiary alicyclic amines) is 1. The van der Waals surface area contributed by atoms with E-state index in [2.05, 4.69) is 17.0 Å². The van der Waals surface area contributed by atoms with Crippen molar-refractivity contribution in [3.8, 4) is 11.5 Å². The van der Waals surface area contributed by atoms with Gasteiger partial charge in [-0.2, -0.15) is 0 Å². The molecule has 4 aliphatic heterocycles. The molecule has 0 unspecified atom stereocenters. The molecule has 0 N–H and O–H groups in total. The summed E-state index contributed by atoms with van der Waals surface area (Å²) in [5, 5.41) is 0. The molecule has 0 bridgehead atoms. The Hall–Kier alpha value is -3.10. The molecule has 3 saturated heterocycles. The molecule has 0 aliphatic carbocycles. The third-order valence-electron chi connectivity index (χ3n) is 7.47. The van der Waals surface area contributed by atoms with Gasteiger partial charge in [0.1, 0.15) is 0 Å². The third kappa shape index (κ3) is 2.77. The van der Waals surface area contributed by atoms with E-state index in [0.717, 1.165) is 22.6 Å². The van der Waals surface area contributed by atoms with Crippen molar-refractivity contribution in [3.05, 3.63) is 59.7 Å². The summed E-state index contributed by atoms with van der Waals surface area (Å²) in [6.07, 6.45) is 1.15. The molecule has 0 saturated carbocycles. The molecule has 4 aliphatic rings. The molecule has 0 radical (unpaired) electrons. The number of hydrogen-bond acceptors (Lipinski definition) is 8. The van der Waals surface area contributed by atoms with Crippen molar-refractivity contribution < 1.29 is 33.3 Å². The molecule has 0 amide bonds. The molecule has 0 aromatic heterocycles. The first-order valence-electron chi connectivity index (χ1n) is 11.1. The first kappa shape index (κ1) is 20.5. The number of fused-ring (bicyclic) bond motifs is 1. The Balaban J connectivity index is 1.35. The smallest absolute Gasteiger partial charge is 0.354 e. The molecule has 4 atom stereocenters. The second-order valence-corrected chi connectivity index (χ2v) is 9.36. The van der Waals surface area contributed by atoms with Gasteiger partial charge in [0.15, 0.2) is 22.7 Å². The Labute approximate surface area is 191 Å². The van der Waals surface area contributed by atoms with Gasteiger partial charge in [-0.1, -0.05) is 36.4 Å². The zero-order valence-corrected chi connectivity index (χ0v) is 18.5. The lowest BCUT2D eigenvalue weighted by Gasteiger charge is -2.46. The Kier molecular flexibility index (Phi) is 4.32. The Bertz CT molecular complexity index is 1140. The van der Waals surface area contributed by atoms with E-state index in [1.165, 1.54) is 7.11 Å². The predicted molar refractivity (Wildman–Crippen MR) is 115 cm³/mol. The normalized spacial score (nSPS) is 33.8. The highest BCUT2D eigenvalue weighted by molar-refractivity contribution is 6.11. The molecule has 6 rings (SSSR count). The van der Waals surface area contributed by atoms with Crippen LogP contribution >= 0.6 is 0 Å². The highest BCUT2D eigenvalue weighted by atomic mass is 16.7. The van der Waals surface area contributed by atoms with Crippen molar-refractivity contribution in [1.29, 1.82) is 0 Å². The first-order chi connectivity index (χ1) is 15.9. The third-order valence-corrected chi connectivity index (χ3v) is 7.47. The fraction of sp³-hybridized carbons (Fsp3) is 0.440. The molecular formula is C25H25NO7. The van der Waals surface area contributed by atoms with E-state index in [1.54, 1.807) is 0 Å². The second-order valence-electron chi connectivity index (χ2n) is 9.36. The maximum atomic E-state index is 12.9. The summed E-state index contributed by atoms with van der Waals surface area (Å²) in [4.78, 5) is 27.8. The average Bonchev–Trinajstić information content (AvgIpc) is 3.19. The molecular weight excluding hydrogens is 426 g/mol. The van der Waals surface area contributed by atoms with Crippen LogP contribution in [-0.4, -0.2) is 60.1 Å². The molecule has 8 heteroatoms. The standard InChI is InChI=1S/C25H25NO7/c1-23-14-26(13-16-6-4-3-5-7-16)18(10-17-8-9-19-20(11-17)31-15-30-19)12-24(23)25(33-24,21(27)29-2)22(28)32-23/h3-9,11,18H,10,12-15H2,1-2H3/t18-,23-,24+,25-/m1/s1. The van der Waals surface area contributed by atoms with E-state index in [1.807, 2.05) is 43.3 Å². The fourth-order valence-corrected chi connectivity index (χ4v) is 5.80. The largest absolute Gasteiger partial charge is 0.466 e. The van der Waals surface area contributed by atoms with Crippen molar-refractivity contribution in [2.45, 2.75) is 49.2 Å². The highest BCUT2D eigenvalue weighted by Crippen LogP contribution is 2.66. The molecule has 33 heavy (non-hydrogen) atoms. The number of carbonyl (C=O) groups excluding carboxylic acids is 2. The summed E-state index contributed by atoms with van der Waals surface area (Å²) in [6.45, 7) is 3.21. The molecule has 172 valence electrons. The van der Waals surface area contributed by atoms with Gasteiger partial charge in [-0.25, -0.2) is 9.59 Å². The number of methoxy groups -OCH3 is 1. The van der Waals surface area contributed by atoms with E-state index in [0.29, 0.717) is 25.9 Å². The van der Waals surface area contributed by atoms with E-state index >= 15 is 0 Å². The average molecular weight is 451 g/mol. The Morgan fingerprint density at radius 3 is 2.70 bits per heavy atom. The van der Waals surface area contributed by atoms with E-state index in [4.69, 9.17) is 23.7 Å². The van der Waals surface area contributed by atoms with Crippen LogP contribution in [-0.2, 0) is 36.8 Å². The van der Waals surface area contributed by atoms with Crippen LogP contribution in [0.4, 0.5) is 0 Å². The van der Waals surface area contributed by atoms with Crippen LogP contribution in [0.2, 0.25) is 0 Å². The van der Waals surface area contributed by atoms with E-state index in [-0.39, 0.29) is 12.8 Å². The van der Waals surface area contributed by atoms with Crippen molar-refractivity contribution in [2.75, 3.05) is 20.4 Å². The van der Waals surface area contributed by atoms with Crippen LogP contribution in [0.5, 0.6) is 11.5 Å². The molecule has 1 spiro atoms. The Morgan fingerprint density at radius 2 is 1.91 bits per heavy atom. The van der Waals surface area contributed by atoms with Gasteiger partial charge >= 0.3 is 11.9 Å². The zero-order valence-electron chi connectivity index (χ0n) is 18.5. The van der Waals surface area contributed by atoms with Crippen LogP contribution in [0.1, 0.15) is 24.5 Å². The summed E-state index contributed by atoms with van der Waals surface area (Å²) < 4.78 is 27.8. The van der Waals surface area contributed by atoms with Crippen LogP contribution in [0.3, 0.4) is 0 Å². The summed E-state index contributed by atoms with van der Waals surface area (Å²) in [7, 11) is 1.27. The molecule has 3 fully saturated rings. The number of piperidine rings is 1. The van der Waals surface area contributed by atoms with Crippen molar-refractivity contribution >= 4 is 11.9 Å². The second kappa shape index (κ2) is 6.95. The van der Waals surface area contributed by atoms with Crippen LogP contribution in [0.15, 0.2) is 48.5 Å². The SMILES string of the molecule is COC(=O)[C@]12O[C@]13C[C@@H](Cc1ccc4c(c1)OCO4)N(Cc1ccccc1)C[C@@]3(C)OC2=O. The number of carbonyl (C=O) groups is 2. The minimum absolute atomic E-state index is 0.000293. The number of rotatable bonds is 5. The number of epoxide rings is 1. The van der Waals surface area contributed by atoms with Crippen LogP contribution in [0, 0.1) is 0 Å². The van der Waals surface area contributed by atoms with Gasteiger partial charge in [-0.15, -0.1) is 0 Å². The van der Waals surface area contributed by atoms with Gasteiger partial charge in [0, 0.05) is 25.6 Å². The van der Waals surface area contributed by atoms with Gasteiger partial charge in [0.25, 0.3) is 5.60 Å². The summed E-state index contributed by atoms with van der Waals surface area (Å²) in [5.74, 6) is 0.126. The summed E-state index contributed by atoms with van der Waals surface area (Å²) in [5.41, 5.74) is -1.40. The minimum atomic E-state index is -1.66. The fourth-order valence-electron chi connectivity index (χ4n) is 5.80. The number of esters is 2. The summed E-state index contributed by atoms with van der Waals surface area (Å²) in [6, 6.07) is 16.1. The van der Waals surface area contributed by atoms with Crippen molar-refractivity contribution in [1.82, 2.24) is 4.90 Å². The molecule has 2 aromatic carbocycles. The molecule has 2 aromatic rings. The number of benzene rings is 2. The minimum Gasteiger partial charge on any atom is -0.466 e. The zero-order chi connectivity index (χ0) is 22.8. The number of hydrogen-bond donors (Lipinski definition) is 0. The van der Waals surface area contributed by atoms with Gasteiger partial charge in [-0.05, 0) is 36.6 Å². The van der Waals surface area contributed by atoms with Crippen molar-refractivity contribution in [2.24, 2.45) is 0 Å². The Morgan fingerprint density at radius 1 is 1.12 bits per heavy atom. The van der Waals surface area contributed by atoms with Gasteiger partial charge in [0.05, 0.1) is 7.11 Å². The van der Waals surface area contributed by atoms with Gasteiger partial charge in [-0.3, -0.25) is 4.90 Å². The molecule has 8 nitrogen and oxygen atoms in total.